The number of hydrogen-bond donors (Lipinski definition) is 2. The van der Waals surface area contributed by atoms with Crippen LogP contribution in [0, 0.1) is 3.57 Å². The van der Waals surface area contributed by atoms with Crippen molar-refractivity contribution in [1.82, 2.24) is 15.1 Å². The molecule has 21 heavy (non-hydrogen) atoms. The molecule has 1 aliphatic heterocycles. The summed E-state index contributed by atoms with van der Waals surface area (Å²) < 4.78 is 0.686. The average Bonchev–Trinajstić information content (AvgIpc) is 2.48. The monoisotopic (exact) mass is 403 g/mol. The van der Waals surface area contributed by atoms with Gasteiger partial charge in [-0.3, -0.25) is 9.59 Å². The van der Waals surface area contributed by atoms with Crippen LogP contribution in [0.3, 0.4) is 0 Å². The van der Waals surface area contributed by atoms with Gasteiger partial charge in [0.1, 0.15) is 11.8 Å². The number of halogens is 1. The lowest BCUT2D eigenvalue weighted by atomic mass is 10.1. The number of amides is 2. The first-order valence-electron chi connectivity index (χ1n) is 6.63. The molecule has 2 rings (SSSR count). The van der Waals surface area contributed by atoms with E-state index < -0.39 is 6.04 Å². The Labute approximate surface area is 137 Å². The Balaban J connectivity index is 2.26. The Morgan fingerprint density at radius 2 is 2.14 bits per heavy atom. The second-order valence-electron chi connectivity index (χ2n) is 5.12. The molecule has 7 heteroatoms. The van der Waals surface area contributed by atoms with E-state index in [9.17, 15) is 14.7 Å². The maximum absolute atomic E-state index is 12.6. The average molecular weight is 403 g/mol. The van der Waals surface area contributed by atoms with Crippen LogP contribution in [0.25, 0.3) is 0 Å². The van der Waals surface area contributed by atoms with E-state index in [0.717, 1.165) is 0 Å². The summed E-state index contributed by atoms with van der Waals surface area (Å²) >= 11 is 2.00. The van der Waals surface area contributed by atoms with Crippen LogP contribution in [-0.2, 0) is 4.79 Å². The quantitative estimate of drug-likeness (QED) is 0.706. The number of carbonyl (C=O) groups is 2. The number of likely N-dealkylation sites (N-methyl/N-ethyl adjacent to an activating group) is 1. The maximum Gasteiger partial charge on any atom is 0.254 e. The van der Waals surface area contributed by atoms with Gasteiger partial charge in [0, 0.05) is 39.3 Å². The van der Waals surface area contributed by atoms with Crippen molar-refractivity contribution in [3.63, 3.8) is 0 Å². The van der Waals surface area contributed by atoms with E-state index in [0.29, 0.717) is 28.8 Å². The van der Waals surface area contributed by atoms with Gasteiger partial charge in [-0.25, -0.2) is 0 Å². The summed E-state index contributed by atoms with van der Waals surface area (Å²) in [7, 11) is 3.35. The van der Waals surface area contributed by atoms with Gasteiger partial charge in [-0.1, -0.05) is 0 Å². The van der Waals surface area contributed by atoms with Gasteiger partial charge >= 0.3 is 0 Å². The summed E-state index contributed by atoms with van der Waals surface area (Å²) in [6.45, 7) is 1.56. The number of carbonyl (C=O) groups excluding carboxylic acids is 2. The molecule has 2 N–H and O–H groups in total. The van der Waals surface area contributed by atoms with Crippen LogP contribution >= 0.6 is 22.6 Å². The van der Waals surface area contributed by atoms with Gasteiger partial charge in [0.25, 0.3) is 5.91 Å². The molecular weight excluding hydrogens is 385 g/mol. The third kappa shape index (κ3) is 3.46. The summed E-state index contributed by atoms with van der Waals surface area (Å²) in [4.78, 5) is 27.9. The fourth-order valence-corrected chi connectivity index (χ4v) is 2.61. The molecule has 1 saturated heterocycles. The van der Waals surface area contributed by atoms with Crippen LogP contribution in [0.2, 0.25) is 0 Å². The van der Waals surface area contributed by atoms with Crippen LogP contribution in [0.15, 0.2) is 18.2 Å². The maximum atomic E-state index is 12.6. The van der Waals surface area contributed by atoms with E-state index in [2.05, 4.69) is 5.32 Å². The Morgan fingerprint density at radius 1 is 1.43 bits per heavy atom. The van der Waals surface area contributed by atoms with Gasteiger partial charge in [-0.2, -0.15) is 0 Å². The van der Waals surface area contributed by atoms with Gasteiger partial charge in [-0.15, -0.1) is 0 Å². The van der Waals surface area contributed by atoms with Crippen LogP contribution in [0.5, 0.6) is 5.75 Å². The van der Waals surface area contributed by atoms with Crippen molar-refractivity contribution >= 4 is 34.4 Å². The lowest BCUT2D eigenvalue weighted by Gasteiger charge is -2.36. The number of piperazine rings is 1. The first-order valence-corrected chi connectivity index (χ1v) is 7.71. The zero-order valence-corrected chi connectivity index (χ0v) is 14.1. The number of phenols is 1. The smallest absolute Gasteiger partial charge is 0.254 e. The number of hydrogen-bond acceptors (Lipinski definition) is 4. The highest BCUT2D eigenvalue weighted by Crippen LogP contribution is 2.22. The molecule has 2 amide bonds. The fraction of sp³-hybridized carbons (Fsp3) is 0.429. The third-order valence-corrected chi connectivity index (χ3v) is 4.34. The Hall–Kier alpha value is -1.35. The third-order valence-electron chi connectivity index (χ3n) is 3.42. The van der Waals surface area contributed by atoms with Crippen molar-refractivity contribution in [1.29, 1.82) is 0 Å². The molecule has 1 atom stereocenters. The minimum absolute atomic E-state index is 0.0760. The predicted molar refractivity (Wildman–Crippen MR) is 87.2 cm³/mol. The summed E-state index contributed by atoms with van der Waals surface area (Å²) in [5.41, 5.74) is 0.395. The topological polar surface area (TPSA) is 72.9 Å². The molecule has 0 aliphatic carbocycles. The molecule has 114 valence electrons. The van der Waals surface area contributed by atoms with Crippen LogP contribution in [-0.4, -0.2) is 66.5 Å². The molecule has 0 aromatic heterocycles. The first kappa shape index (κ1) is 16.0. The van der Waals surface area contributed by atoms with Gasteiger partial charge in [-0.05, 0) is 40.8 Å². The number of benzene rings is 1. The summed E-state index contributed by atoms with van der Waals surface area (Å²) in [6.07, 6.45) is 0. The van der Waals surface area contributed by atoms with Crippen molar-refractivity contribution in [2.24, 2.45) is 0 Å². The molecule has 0 spiro atoms. The highest BCUT2D eigenvalue weighted by molar-refractivity contribution is 14.1. The largest absolute Gasteiger partial charge is 0.507 e. The van der Waals surface area contributed by atoms with Crippen molar-refractivity contribution < 1.29 is 14.7 Å². The second-order valence-corrected chi connectivity index (χ2v) is 6.28. The Bertz CT molecular complexity index is 562. The van der Waals surface area contributed by atoms with Gasteiger partial charge < -0.3 is 20.2 Å². The normalized spacial score (nSPS) is 18.4. The highest BCUT2D eigenvalue weighted by atomic mass is 127. The molecule has 0 bridgehead atoms. The lowest BCUT2D eigenvalue weighted by molar-refractivity contribution is -0.134. The van der Waals surface area contributed by atoms with Gasteiger partial charge in [0.2, 0.25) is 5.91 Å². The zero-order valence-electron chi connectivity index (χ0n) is 12.0. The van der Waals surface area contributed by atoms with Gasteiger partial charge in [0.15, 0.2) is 0 Å². The van der Waals surface area contributed by atoms with Crippen molar-refractivity contribution in [3.8, 4) is 5.75 Å². The lowest BCUT2D eigenvalue weighted by Crippen LogP contribution is -2.59. The zero-order chi connectivity index (χ0) is 15.6. The molecule has 1 aliphatic rings. The molecule has 0 saturated carbocycles. The molecule has 1 unspecified atom stereocenters. The second kappa shape index (κ2) is 6.61. The number of nitrogens with zero attached hydrogens (tertiary/aromatic N) is 2. The SMILES string of the molecule is CN(C)C(=O)C1CNCCN1C(=O)c1ccc(I)c(O)c1. The van der Waals surface area contributed by atoms with E-state index in [1.54, 1.807) is 31.1 Å². The van der Waals surface area contributed by atoms with Crippen molar-refractivity contribution in [2.75, 3.05) is 33.7 Å². The molecule has 0 radical (unpaired) electrons. The summed E-state index contributed by atoms with van der Waals surface area (Å²) in [6, 6.07) is 4.29. The highest BCUT2D eigenvalue weighted by Gasteiger charge is 2.33. The number of phenolic OH excluding ortho intramolecular Hbond substituents is 1. The van der Waals surface area contributed by atoms with Crippen LogP contribution in [0.1, 0.15) is 10.4 Å². The van der Waals surface area contributed by atoms with Crippen LogP contribution < -0.4 is 5.32 Å². The van der Waals surface area contributed by atoms with E-state index in [4.69, 9.17) is 0 Å². The molecule has 1 heterocycles. The Morgan fingerprint density at radius 3 is 2.76 bits per heavy atom. The van der Waals surface area contributed by atoms with Crippen molar-refractivity contribution in [3.05, 3.63) is 27.3 Å². The predicted octanol–water partition coefficient (Wildman–Crippen LogP) is 0.499. The van der Waals surface area contributed by atoms with E-state index in [1.165, 1.54) is 11.0 Å². The van der Waals surface area contributed by atoms with Gasteiger partial charge in [0.05, 0.1) is 3.57 Å². The standard InChI is InChI=1S/C14H18IN3O3/c1-17(2)14(21)11-8-16-5-6-18(11)13(20)9-3-4-10(15)12(19)7-9/h3-4,7,11,16,19H,5-6,8H2,1-2H3. The number of aromatic hydroxyl groups is 1. The summed E-state index contributed by atoms with van der Waals surface area (Å²) in [5, 5.41) is 12.9. The molecule has 1 fully saturated rings. The fourth-order valence-electron chi connectivity index (χ4n) is 2.28. The minimum Gasteiger partial charge on any atom is -0.507 e. The Kier molecular flexibility index (Phi) is 5.04. The van der Waals surface area contributed by atoms with Crippen molar-refractivity contribution in [2.45, 2.75) is 6.04 Å². The van der Waals surface area contributed by atoms with E-state index in [-0.39, 0.29) is 17.6 Å². The molecular formula is C14H18IN3O3. The first-order chi connectivity index (χ1) is 9.91. The molecule has 1 aromatic carbocycles. The van der Waals surface area contributed by atoms with E-state index >= 15 is 0 Å². The van der Waals surface area contributed by atoms with E-state index in [1.807, 2.05) is 22.6 Å². The molecule has 6 nitrogen and oxygen atoms in total. The summed E-state index contributed by atoms with van der Waals surface area (Å²) in [5.74, 6) is -0.263. The van der Waals surface area contributed by atoms with Crippen LogP contribution in [0.4, 0.5) is 0 Å². The number of nitrogens with one attached hydrogen (secondary N) is 1. The minimum atomic E-state index is -0.511. The number of rotatable bonds is 2. The molecule has 1 aromatic rings.